The maximum atomic E-state index is 12.9. The third-order valence-corrected chi connectivity index (χ3v) is 4.51. The Morgan fingerprint density at radius 1 is 1.00 bits per heavy atom. The molecule has 136 valence electrons. The van der Waals surface area contributed by atoms with E-state index in [-0.39, 0.29) is 30.2 Å². The first-order valence-corrected chi connectivity index (χ1v) is 8.75. The molecule has 5 nitrogen and oxygen atoms in total. The van der Waals surface area contributed by atoms with Gasteiger partial charge in [-0.25, -0.2) is 4.39 Å². The van der Waals surface area contributed by atoms with Gasteiger partial charge in [-0.05, 0) is 49.2 Å². The number of piperidine rings is 1. The van der Waals surface area contributed by atoms with Crippen molar-refractivity contribution in [1.29, 1.82) is 0 Å². The van der Waals surface area contributed by atoms with Crippen LogP contribution in [0.25, 0.3) is 0 Å². The molecule has 1 aliphatic rings. The van der Waals surface area contributed by atoms with E-state index in [1.807, 2.05) is 35.2 Å². The highest BCUT2D eigenvalue weighted by Gasteiger charge is 2.23. The van der Waals surface area contributed by atoms with Crippen molar-refractivity contribution in [2.24, 2.45) is 0 Å². The van der Waals surface area contributed by atoms with Gasteiger partial charge in [-0.15, -0.1) is 0 Å². The fourth-order valence-corrected chi connectivity index (χ4v) is 2.99. The molecule has 0 saturated carbocycles. The minimum absolute atomic E-state index is 0.0266. The molecule has 0 bridgehead atoms. The molecule has 3 rings (SSSR count). The van der Waals surface area contributed by atoms with Gasteiger partial charge in [0.2, 0.25) is 5.91 Å². The third-order valence-electron chi connectivity index (χ3n) is 4.51. The van der Waals surface area contributed by atoms with E-state index in [0.717, 1.165) is 5.69 Å². The molecule has 0 aromatic heterocycles. The monoisotopic (exact) mass is 355 g/mol. The summed E-state index contributed by atoms with van der Waals surface area (Å²) in [5.41, 5.74) is 1.36. The molecule has 1 fully saturated rings. The highest BCUT2D eigenvalue weighted by molar-refractivity contribution is 5.94. The summed E-state index contributed by atoms with van der Waals surface area (Å²) in [6.07, 6.45) is 1.42. The summed E-state index contributed by atoms with van der Waals surface area (Å²) < 4.78 is 12.9. The summed E-state index contributed by atoms with van der Waals surface area (Å²) in [7, 11) is 0. The fourth-order valence-electron chi connectivity index (χ4n) is 2.99. The van der Waals surface area contributed by atoms with Gasteiger partial charge in [0.05, 0.1) is 6.54 Å². The number of carbonyl (C=O) groups excluding carboxylic acids is 2. The SMILES string of the molecule is O=C(NC1CCN(C(=O)CNc2ccccc2)CC1)c1ccc(F)cc1. The van der Waals surface area contributed by atoms with Crippen LogP contribution < -0.4 is 10.6 Å². The molecular weight excluding hydrogens is 333 g/mol. The molecule has 2 amide bonds. The quantitative estimate of drug-likeness (QED) is 0.867. The van der Waals surface area contributed by atoms with E-state index < -0.39 is 0 Å². The van der Waals surface area contributed by atoms with Crippen molar-refractivity contribution in [3.05, 3.63) is 66.0 Å². The zero-order chi connectivity index (χ0) is 18.4. The molecule has 0 unspecified atom stereocenters. The van der Waals surface area contributed by atoms with Crippen molar-refractivity contribution in [2.45, 2.75) is 18.9 Å². The van der Waals surface area contributed by atoms with Gasteiger partial charge in [0, 0.05) is 30.4 Å². The smallest absolute Gasteiger partial charge is 0.251 e. The van der Waals surface area contributed by atoms with Crippen molar-refractivity contribution >= 4 is 17.5 Å². The topological polar surface area (TPSA) is 61.4 Å². The van der Waals surface area contributed by atoms with Crippen LogP contribution in [0.1, 0.15) is 23.2 Å². The van der Waals surface area contributed by atoms with E-state index in [1.165, 1.54) is 24.3 Å². The molecule has 0 aliphatic carbocycles. The Morgan fingerprint density at radius 2 is 1.65 bits per heavy atom. The number of halogens is 1. The summed E-state index contributed by atoms with van der Waals surface area (Å²) >= 11 is 0. The number of amides is 2. The van der Waals surface area contributed by atoms with Gasteiger partial charge in [0.1, 0.15) is 5.82 Å². The van der Waals surface area contributed by atoms with Gasteiger partial charge >= 0.3 is 0 Å². The second-order valence-corrected chi connectivity index (χ2v) is 6.35. The number of nitrogens with zero attached hydrogens (tertiary/aromatic N) is 1. The molecule has 1 aliphatic heterocycles. The van der Waals surface area contributed by atoms with Gasteiger partial charge in [-0.2, -0.15) is 0 Å². The number of likely N-dealkylation sites (tertiary alicyclic amines) is 1. The maximum absolute atomic E-state index is 12.9. The molecule has 2 aromatic carbocycles. The largest absolute Gasteiger partial charge is 0.376 e. The number of hydrogen-bond acceptors (Lipinski definition) is 3. The number of nitrogens with one attached hydrogen (secondary N) is 2. The maximum Gasteiger partial charge on any atom is 0.251 e. The summed E-state index contributed by atoms with van der Waals surface area (Å²) in [4.78, 5) is 26.3. The molecular formula is C20H22FN3O2. The molecule has 26 heavy (non-hydrogen) atoms. The van der Waals surface area contributed by atoms with Crippen LogP contribution in [0.5, 0.6) is 0 Å². The number of hydrogen-bond donors (Lipinski definition) is 2. The van der Waals surface area contributed by atoms with Crippen molar-refractivity contribution in [1.82, 2.24) is 10.2 Å². The third kappa shape index (κ3) is 4.81. The highest BCUT2D eigenvalue weighted by Crippen LogP contribution is 2.13. The zero-order valence-electron chi connectivity index (χ0n) is 14.5. The van der Waals surface area contributed by atoms with E-state index in [0.29, 0.717) is 31.5 Å². The number of rotatable bonds is 5. The molecule has 0 atom stereocenters. The summed E-state index contributed by atoms with van der Waals surface area (Å²) in [6.45, 7) is 1.49. The average molecular weight is 355 g/mol. The Balaban J connectivity index is 1.42. The lowest BCUT2D eigenvalue weighted by Crippen LogP contribution is -2.47. The molecule has 1 saturated heterocycles. The molecule has 2 aromatic rings. The Morgan fingerprint density at radius 3 is 2.31 bits per heavy atom. The number of para-hydroxylation sites is 1. The van der Waals surface area contributed by atoms with Crippen LogP contribution in [0, 0.1) is 5.82 Å². The molecule has 6 heteroatoms. The van der Waals surface area contributed by atoms with Crippen molar-refractivity contribution in [3.8, 4) is 0 Å². The lowest BCUT2D eigenvalue weighted by Gasteiger charge is -2.32. The van der Waals surface area contributed by atoms with Crippen LogP contribution in [0.3, 0.4) is 0 Å². The first kappa shape index (κ1) is 17.9. The first-order chi connectivity index (χ1) is 12.6. The van der Waals surface area contributed by atoms with E-state index in [1.54, 1.807) is 0 Å². The van der Waals surface area contributed by atoms with Crippen LogP contribution in [0.2, 0.25) is 0 Å². The molecule has 1 heterocycles. The average Bonchev–Trinajstić information content (AvgIpc) is 2.68. The van der Waals surface area contributed by atoms with Crippen molar-refractivity contribution in [3.63, 3.8) is 0 Å². The molecule has 0 spiro atoms. The fraction of sp³-hybridized carbons (Fsp3) is 0.300. The van der Waals surface area contributed by atoms with Crippen molar-refractivity contribution < 1.29 is 14.0 Å². The van der Waals surface area contributed by atoms with Crippen LogP contribution in [0.4, 0.5) is 10.1 Å². The minimum atomic E-state index is -0.363. The predicted molar refractivity (Wildman–Crippen MR) is 98.4 cm³/mol. The predicted octanol–water partition coefficient (Wildman–Crippen LogP) is 2.66. The van der Waals surface area contributed by atoms with E-state index in [9.17, 15) is 14.0 Å². The highest BCUT2D eigenvalue weighted by atomic mass is 19.1. The van der Waals surface area contributed by atoms with Gasteiger partial charge in [0.15, 0.2) is 0 Å². The number of carbonyl (C=O) groups is 2. The summed E-state index contributed by atoms with van der Waals surface area (Å²) in [6, 6.07) is 15.1. The van der Waals surface area contributed by atoms with E-state index in [4.69, 9.17) is 0 Å². The van der Waals surface area contributed by atoms with Gasteiger partial charge in [-0.1, -0.05) is 18.2 Å². The van der Waals surface area contributed by atoms with Gasteiger partial charge in [-0.3, -0.25) is 9.59 Å². The molecule has 0 radical (unpaired) electrons. The second-order valence-electron chi connectivity index (χ2n) is 6.35. The van der Waals surface area contributed by atoms with Crippen LogP contribution in [-0.2, 0) is 4.79 Å². The minimum Gasteiger partial charge on any atom is -0.376 e. The zero-order valence-corrected chi connectivity index (χ0v) is 14.5. The number of anilines is 1. The first-order valence-electron chi connectivity index (χ1n) is 8.75. The van der Waals surface area contributed by atoms with Crippen molar-refractivity contribution in [2.75, 3.05) is 25.0 Å². The lowest BCUT2D eigenvalue weighted by molar-refractivity contribution is -0.130. The Hall–Kier alpha value is -2.89. The standard InChI is InChI=1S/C20H22FN3O2/c21-16-8-6-15(7-9-16)20(26)23-18-10-12-24(13-11-18)19(25)14-22-17-4-2-1-3-5-17/h1-9,18,22H,10-14H2,(H,23,26). The molecule has 2 N–H and O–H groups in total. The van der Waals surface area contributed by atoms with Gasteiger partial charge in [0.25, 0.3) is 5.91 Å². The normalized spacial score (nSPS) is 14.7. The van der Waals surface area contributed by atoms with Crippen LogP contribution in [-0.4, -0.2) is 42.4 Å². The van der Waals surface area contributed by atoms with Gasteiger partial charge < -0.3 is 15.5 Å². The lowest BCUT2D eigenvalue weighted by atomic mass is 10.0. The van der Waals surface area contributed by atoms with E-state index in [2.05, 4.69) is 10.6 Å². The van der Waals surface area contributed by atoms with Crippen LogP contribution in [0.15, 0.2) is 54.6 Å². The number of benzene rings is 2. The van der Waals surface area contributed by atoms with E-state index >= 15 is 0 Å². The second kappa shape index (κ2) is 8.47. The summed E-state index contributed by atoms with van der Waals surface area (Å²) in [5, 5.41) is 6.08. The Kier molecular flexibility index (Phi) is 5.84. The Labute approximate surface area is 152 Å². The summed E-state index contributed by atoms with van der Waals surface area (Å²) in [5.74, 6) is -0.518. The van der Waals surface area contributed by atoms with Crippen LogP contribution >= 0.6 is 0 Å². The Bertz CT molecular complexity index is 741.